The molecule has 0 radical (unpaired) electrons. The predicted octanol–water partition coefficient (Wildman–Crippen LogP) is 5.88. The summed E-state index contributed by atoms with van der Waals surface area (Å²) in [6.45, 7) is 6.42. The van der Waals surface area contributed by atoms with Gasteiger partial charge in [0.15, 0.2) is 11.5 Å². The number of imide groups is 2. The fourth-order valence-electron chi connectivity index (χ4n) is 4.21. The van der Waals surface area contributed by atoms with Crippen LogP contribution in [0.25, 0.3) is 6.08 Å². The van der Waals surface area contributed by atoms with E-state index in [0.29, 0.717) is 33.8 Å². The van der Waals surface area contributed by atoms with Crippen molar-refractivity contribution in [1.29, 1.82) is 0 Å². The Balaban J connectivity index is 1.63. The van der Waals surface area contributed by atoms with Crippen molar-refractivity contribution < 1.29 is 23.9 Å². The van der Waals surface area contributed by atoms with Crippen LogP contribution in [0.2, 0.25) is 0 Å². The van der Waals surface area contributed by atoms with Crippen molar-refractivity contribution in [3.8, 4) is 11.5 Å². The van der Waals surface area contributed by atoms with Crippen LogP contribution >= 0.6 is 15.9 Å². The summed E-state index contributed by atoms with van der Waals surface area (Å²) in [7, 11) is 1.52. The fraction of sp³-hybridized carbons (Fsp3) is 0.207. The lowest BCUT2D eigenvalue weighted by atomic mass is 10.1. The van der Waals surface area contributed by atoms with Crippen LogP contribution in [0.15, 0.2) is 64.6 Å². The maximum atomic E-state index is 13.2. The van der Waals surface area contributed by atoms with Crippen LogP contribution in [0, 0.1) is 13.8 Å². The lowest BCUT2D eigenvalue weighted by Crippen LogP contribution is -2.54. The Morgan fingerprint density at radius 1 is 0.946 bits per heavy atom. The number of halogens is 1. The minimum atomic E-state index is -0.787. The predicted molar refractivity (Wildman–Crippen MR) is 146 cm³/mol. The molecular formula is C29H27BrN2O5. The molecule has 0 unspecified atom stereocenters. The molecule has 0 saturated carbocycles. The number of aryl methyl sites for hydroxylation is 3. The number of rotatable bonds is 7. The minimum Gasteiger partial charge on any atom is -0.493 e. The van der Waals surface area contributed by atoms with Gasteiger partial charge in [-0.25, -0.2) is 9.69 Å². The highest BCUT2D eigenvalue weighted by molar-refractivity contribution is 9.10. The van der Waals surface area contributed by atoms with Gasteiger partial charge in [0.1, 0.15) is 12.2 Å². The van der Waals surface area contributed by atoms with Crippen molar-refractivity contribution in [3.05, 3.63) is 92.5 Å². The number of anilines is 1. The lowest BCUT2D eigenvalue weighted by Gasteiger charge is -2.26. The normalized spacial score (nSPS) is 14.7. The average molecular weight is 563 g/mol. The van der Waals surface area contributed by atoms with Gasteiger partial charge in [0, 0.05) is 0 Å². The van der Waals surface area contributed by atoms with Crippen LogP contribution in [0.4, 0.5) is 10.5 Å². The quantitative estimate of drug-likeness (QED) is 0.287. The van der Waals surface area contributed by atoms with E-state index in [-0.39, 0.29) is 5.57 Å². The van der Waals surface area contributed by atoms with Crippen molar-refractivity contribution in [2.75, 3.05) is 12.0 Å². The van der Waals surface area contributed by atoms with E-state index in [1.807, 2.05) is 32.9 Å². The van der Waals surface area contributed by atoms with Crippen molar-refractivity contribution in [2.45, 2.75) is 33.8 Å². The largest absolute Gasteiger partial charge is 0.493 e. The van der Waals surface area contributed by atoms with E-state index in [0.717, 1.165) is 33.6 Å². The van der Waals surface area contributed by atoms with Crippen LogP contribution < -0.4 is 19.7 Å². The van der Waals surface area contributed by atoms with E-state index in [4.69, 9.17) is 9.47 Å². The van der Waals surface area contributed by atoms with Crippen molar-refractivity contribution in [2.24, 2.45) is 0 Å². The monoisotopic (exact) mass is 562 g/mol. The zero-order valence-corrected chi connectivity index (χ0v) is 22.6. The first-order valence-corrected chi connectivity index (χ1v) is 12.6. The Labute approximate surface area is 224 Å². The third-order valence-electron chi connectivity index (χ3n) is 5.93. The maximum absolute atomic E-state index is 13.2. The number of barbiturate groups is 1. The molecule has 4 rings (SSSR count). The number of ether oxygens (including phenoxy) is 2. The molecule has 3 aromatic rings. The zero-order valence-electron chi connectivity index (χ0n) is 21.1. The molecule has 0 aromatic heterocycles. The highest BCUT2D eigenvalue weighted by Crippen LogP contribution is 2.38. The van der Waals surface area contributed by atoms with Crippen molar-refractivity contribution >= 4 is 45.5 Å². The molecule has 0 spiro atoms. The molecule has 1 fully saturated rings. The van der Waals surface area contributed by atoms with Gasteiger partial charge in [-0.1, -0.05) is 48.4 Å². The molecule has 1 saturated heterocycles. The minimum absolute atomic E-state index is 0.169. The van der Waals surface area contributed by atoms with E-state index < -0.39 is 17.8 Å². The van der Waals surface area contributed by atoms with E-state index >= 15 is 0 Å². The molecule has 0 atom stereocenters. The van der Waals surface area contributed by atoms with Gasteiger partial charge in [0.25, 0.3) is 11.8 Å². The highest BCUT2D eigenvalue weighted by atomic mass is 79.9. The summed E-state index contributed by atoms with van der Waals surface area (Å²) in [5.41, 5.74) is 5.13. The second-order valence-electron chi connectivity index (χ2n) is 8.80. The van der Waals surface area contributed by atoms with Crippen LogP contribution in [0.5, 0.6) is 11.5 Å². The zero-order chi connectivity index (χ0) is 26.7. The third-order valence-corrected chi connectivity index (χ3v) is 6.52. The number of benzene rings is 3. The molecule has 37 heavy (non-hydrogen) atoms. The number of amides is 4. The van der Waals surface area contributed by atoms with Crippen molar-refractivity contribution in [1.82, 2.24) is 5.32 Å². The van der Waals surface area contributed by atoms with Crippen LogP contribution in [-0.2, 0) is 22.6 Å². The topological polar surface area (TPSA) is 84.9 Å². The molecule has 0 aliphatic carbocycles. The van der Waals surface area contributed by atoms with Gasteiger partial charge in [-0.05, 0) is 83.2 Å². The molecule has 1 aliphatic rings. The van der Waals surface area contributed by atoms with Gasteiger partial charge in [0.2, 0.25) is 0 Å². The highest BCUT2D eigenvalue weighted by Gasteiger charge is 2.36. The van der Waals surface area contributed by atoms with E-state index in [2.05, 4.69) is 39.4 Å². The maximum Gasteiger partial charge on any atom is 0.335 e. The van der Waals surface area contributed by atoms with E-state index in [1.54, 1.807) is 24.3 Å². The number of carbonyl (C=O) groups is 3. The number of methoxy groups -OCH3 is 1. The summed E-state index contributed by atoms with van der Waals surface area (Å²) in [4.78, 5) is 39.3. The summed E-state index contributed by atoms with van der Waals surface area (Å²) in [5.74, 6) is -0.543. The van der Waals surface area contributed by atoms with Gasteiger partial charge in [-0.3, -0.25) is 14.9 Å². The fourth-order valence-corrected chi connectivity index (χ4v) is 4.78. The Kier molecular flexibility index (Phi) is 7.78. The van der Waals surface area contributed by atoms with Crippen LogP contribution in [0.3, 0.4) is 0 Å². The molecule has 4 amide bonds. The molecule has 1 N–H and O–H groups in total. The Morgan fingerprint density at radius 3 is 2.24 bits per heavy atom. The smallest absolute Gasteiger partial charge is 0.335 e. The van der Waals surface area contributed by atoms with Crippen LogP contribution in [-0.4, -0.2) is 25.0 Å². The summed E-state index contributed by atoms with van der Waals surface area (Å²) in [6.07, 6.45) is 2.25. The van der Waals surface area contributed by atoms with E-state index in [9.17, 15) is 14.4 Å². The van der Waals surface area contributed by atoms with Gasteiger partial charge < -0.3 is 9.47 Å². The van der Waals surface area contributed by atoms with Gasteiger partial charge in [-0.15, -0.1) is 0 Å². The molecule has 1 aliphatic heterocycles. The molecule has 8 heteroatoms. The van der Waals surface area contributed by atoms with E-state index in [1.165, 1.54) is 13.2 Å². The molecular weight excluding hydrogens is 536 g/mol. The number of carbonyl (C=O) groups excluding carboxylic acids is 3. The number of nitrogens with one attached hydrogen (secondary N) is 1. The number of nitrogens with zero attached hydrogens (tertiary/aromatic N) is 1. The summed E-state index contributed by atoms with van der Waals surface area (Å²) in [6, 6.07) is 15.9. The van der Waals surface area contributed by atoms with Gasteiger partial charge in [-0.2, -0.15) is 0 Å². The second-order valence-corrected chi connectivity index (χ2v) is 9.65. The molecule has 3 aromatic carbocycles. The first kappa shape index (κ1) is 26.2. The molecule has 7 nitrogen and oxygen atoms in total. The Morgan fingerprint density at radius 2 is 1.62 bits per heavy atom. The van der Waals surface area contributed by atoms with Gasteiger partial charge >= 0.3 is 6.03 Å². The third kappa shape index (κ3) is 5.75. The second kappa shape index (κ2) is 11.0. The number of hydrogen-bond donors (Lipinski definition) is 1. The first-order valence-electron chi connectivity index (χ1n) is 11.8. The van der Waals surface area contributed by atoms with Crippen LogP contribution in [0.1, 0.15) is 34.7 Å². The number of hydrogen-bond acceptors (Lipinski definition) is 5. The van der Waals surface area contributed by atoms with Gasteiger partial charge in [0.05, 0.1) is 17.3 Å². The Hall–Kier alpha value is -3.91. The summed E-state index contributed by atoms with van der Waals surface area (Å²) < 4.78 is 12.2. The summed E-state index contributed by atoms with van der Waals surface area (Å²) in [5, 5.41) is 2.25. The first-order chi connectivity index (χ1) is 17.7. The van der Waals surface area contributed by atoms with Crippen molar-refractivity contribution in [3.63, 3.8) is 0 Å². The Bertz CT molecular complexity index is 1390. The molecule has 190 valence electrons. The number of urea groups is 1. The lowest BCUT2D eigenvalue weighted by molar-refractivity contribution is -0.122. The molecule has 1 heterocycles. The SMILES string of the molecule is CCc1ccc(N2C(=O)NC(=O)/C(=C\c3cc(Br)c(OCc4cc(C)cc(C)c4)c(OC)c3)C2=O)cc1. The average Bonchev–Trinajstić information content (AvgIpc) is 2.85. The summed E-state index contributed by atoms with van der Waals surface area (Å²) >= 11 is 3.52. The molecule has 0 bridgehead atoms. The standard InChI is InChI=1S/C29H27BrN2O5/c1-5-19-6-8-22(9-7-19)32-28(34)23(27(33)31-29(32)35)13-20-14-24(30)26(25(15-20)36-4)37-16-21-11-17(2)10-18(3)12-21/h6-15H,5,16H2,1-4H3,(H,31,33,35)/b23-13+.